The normalized spacial score (nSPS) is 12.0. The molecule has 0 aliphatic carbocycles. The molecule has 0 rings (SSSR count). The van der Waals surface area contributed by atoms with Crippen molar-refractivity contribution in [1.29, 1.82) is 0 Å². The number of carbonyl (C=O) groups is 1. The molecular weight excluding hydrogens is 272 g/mol. The number of carboxylic acid groups (broad SMARTS) is 1. The van der Waals surface area contributed by atoms with E-state index < -0.39 is 5.97 Å². The molecule has 22 heavy (non-hydrogen) atoms. The van der Waals surface area contributed by atoms with Crippen molar-refractivity contribution in [2.24, 2.45) is 0 Å². The number of hydrogen-bond acceptors (Lipinski definition) is 1. The van der Waals surface area contributed by atoms with Crippen LogP contribution < -0.4 is 0 Å². The van der Waals surface area contributed by atoms with Crippen LogP contribution in [0, 0.1) is 0 Å². The first kappa shape index (κ1) is 20.7. The average Bonchev–Trinajstić information content (AvgIpc) is 2.50. The van der Waals surface area contributed by atoms with Gasteiger partial charge in [0, 0.05) is 6.42 Å². The molecule has 0 unspecified atom stereocenters. The minimum atomic E-state index is -0.668. The molecule has 2 nitrogen and oxygen atoms in total. The summed E-state index contributed by atoms with van der Waals surface area (Å²) in [4.78, 5) is 10.3. The summed E-state index contributed by atoms with van der Waals surface area (Å²) in [7, 11) is 0. The number of rotatable bonds is 15. The molecule has 0 radical (unpaired) electrons. The summed E-state index contributed by atoms with van der Waals surface area (Å²) >= 11 is 0. The molecule has 0 aromatic heterocycles. The van der Waals surface area contributed by atoms with Gasteiger partial charge in [-0.15, -0.1) is 0 Å². The van der Waals surface area contributed by atoms with E-state index in [4.69, 9.17) is 5.11 Å². The average molecular weight is 306 g/mol. The molecule has 0 aromatic rings. The third kappa shape index (κ3) is 18.7. The van der Waals surface area contributed by atoms with Crippen LogP contribution in [0.2, 0.25) is 0 Å². The van der Waals surface area contributed by atoms with E-state index in [1.54, 1.807) is 0 Å². The lowest BCUT2D eigenvalue weighted by molar-refractivity contribution is -0.137. The molecule has 0 saturated carbocycles. The fraction of sp³-hybridized carbons (Fsp3) is 0.650. The van der Waals surface area contributed by atoms with E-state index in [0.29, 0.717) is 6.42 Å². The van der Waals surface area contributed by atoms with Gasteiger partial charge in [0.2, 0.25) is 0 Å². The van der Waals surface area contributed by atoms with Gasteiger partial charge in [0.1, 0.15) is 0 Å². The van der Waals surface area contributed by atoms with E-state index in [-0.39, 0.29) is 0 Å². The van der Waals surface area contributed by atoms with E-state index in [9.17, 15) is 4.79 Å². The summed E-state index contributed by atoms with van der Waals surface area (Å²) in [5.74, 6) is -0.668. The summed E-state index contributed by atoms with van der Waals surface area (Å²) in [6.07, 6.45) is 26.3. The van der Waals surface area contributed by atoms with Gasteiger partial charge < -0.3 is 5.11 Å². The second-order valence-electron chi connectivity index (χ2n) is 5.70. The van der Waals surface area contributed by atoms with E-state index in [0.717, 1.165) is 32.1 Å². The Kier molecular flexibility index (Phi) is 16.7. The Bertz CT molecular complexity index is 327. The Balaban J connectivity index is 3.20. The first-order chi connectivity index (χ1) is 10.8. The van der Waals surface area contributed by atoms with E-state index in [2.05, 4.69) is 43.4 Å². The van der Waals surface area contributed by atoms with Crippen molar-refractivity contribution in [3.63, 3.8) is 0 Å². The standard InChI is InChI=1S/C20H34O2/c1-2-3-4-5-6-7-8-9-10-11-12-13-14-15-16-17-18-19-20(21)22/h3-4,6-7,9-10H,2,5,8,11-19H2,1H3,(H,21,22)/b4-3+,7-6+,10-9-. The van der Waals surface area contributed by atoms with Gasteiger partial charge >= 0.3 is 5.97 Å². The van der Waals surface area contributed by atoms with Gasteiger partial charge in [-0.25, -0.2) is 0 Å². The van der Waals surface area contributed by atoms with E-state index in [1.165, 1.54) is 38.5 Å². The van der Waals surface area contributed by atoms with Crippen molar-refractivity contribution in [2.45, 2.75) is 84.0 Å². The monoisotopic (exact) mass is 306 g/mol. The van der Waals surface area contributed by atoms with Crippen molar-refractivity contribution in [3.05, 3.63) is 36.5 Å². The molecule has 0 amide bonds. The van der Waals surface area contributed by atoms with Crippen LogP contribution in [0.3, 0.4) is 0 Å². The predicted octanol–water partition coefficient (Wildman–Crippen LogP) is 6.44. The highest BCUT2D eigenvalue weighted by molar-refractivity contribution is 5.66. The molecule has 0 fully saturated rings. The molecule has 126 valence electrons. The molecule has 0 aromatic carbocycles. The lowest BCUT2D eigenvalue weighted by Gasteiger charge is -2.00. The second kappa shape index (κ2) is 17.7. The minimum absolute atomic E-state index is 0.328. The number of carboxylic acids is 1. The SMILES string of the molecule is CC/C=C/C/C=C/C/C=C\CCCCCCCCCC(=O)O. The van der Waals surface area contributed by atoms with Gasteiger partial charge in [0.05, 0.1) is 0 Å². The summed E-state index contributed by atoms with van der Waals surface area (Å²) in [5.41, 5.74) is 0. The van der Waals surface area contributed by atoms with Crippen molar-refractivity contribution in [2.75, 3.05) is 0 Å². The molecule has 0 heterocycles. The topological polar surface area (TPSA) is 37.3 Å². The van der Waals surface area contributed by atoms with Crippen LogP contribution in [0.25, 0.3) is 0 Å². The van der Waals surface area contributed by atoms with Crippen molar-refractivity contribution in [1.82, 2.24) is 0 Å². The van der Waals surface area contributed by atoms with Crippen molar-refractivity contribution < 1.29 is 9.90 Å². The zero-order valence-corrected chi connectivity index (χ0v) is 14.3. The number of aliphatic carboxylic acids is 1. The van der Waals surface area contributed by atoms with Gasteiger partial charge in [-0.2, -0.15) is 0 Å². The smallest absolute Gasteiger partial charge is 0.303 e. The maximum atomic E-state index is 10.3. The Morgan fingerprint density at radius 2 is 1.23 bits per heavy atom. The molecule has 2 heteroatoms. The van der Waals surface area contributed by atoms with Crippen molar-refractivity contribution in [3.8, 4) is 0 Å². The molecule has 0 atom stereocenters. The van der Waals surface area contributed by atoms with Gasteiger partial charge in [0.25, 0.3) is 0 Å². The lowest BCUT2D eigenvalue weighted by Crippen LogP contribution is -1.93. The quantitative estimate of drug-likeness (QED) is 0.279. The first-order valence-electron chi connectivity index (χ1n) is 8.94. The Hall–Kier alpha value is -1.31. The molecule has 1 N–H and O–H groups in total. The summed E-state index contributed by atoms with van der Waals surface area (Å²) in [6, 6.07) is 0. The number of hydrogen-bond donors (Lipinski definition) is 1. The summed E-state index contributed by atoms with van der Waals surface area (Å²) < 4.78 is 0. The molecule has 0 aliphatic rings. The van der Waals surface area contributed by atoms with Crippen LogP contribution in [0.1, 0.15) is 84.0 Å². The van der Waals surface area contributed by atoms with Gasteiger partial charge in [-0.3, -0.25) is 4.79 Å². The molecule has 0 bridgehead atoms. The maximum absolute atomic E-state index is 10.3. The fourth-order valence-electron chi connectivity index (χ4n) is 2.25. The molecule has 0 aliphatic heterocycles. The molecule has 0 spiro atoms. The maximum Gasteiger partial charge on any atom is 0.303 e. The largest absolute Gasteiger partial charge is 0.481 e. The highest BCUT2D eigenvalue weighted by atomic mass is 16.4. The highest BCUT2D eigenvalue weighted by Crippen LogP contribution is 2.10. The van der Waals surface area contributed by atoms with Crippen molar-refractivity contribution >= 4 is 5.97 Å². The predicted molar refractivity (Wildman–Crippen MR) is 96.1 cm³/mol. The third-order valence-corrected chi connectivity index (χ3v) is 3.54. The zero-order valence-electron chi connectivity index (χ0n) is 14.3. The zero-order chi connectivity index (χ0) is 16.3. The van der Waals surface area contributed by atoms with Gasteiger partial charge in [-0.1, -0.05) is 75.5 Å². The lowest BCUT2D eigenvalue weighted by atomic mass is 10.1. The van der Waals surface area contributed by atoms with Gasteiger partial charge in [0.15, 0.2) is 0 Å². The minimum Gasteiger partial charge on any atom is -0.481 e. The van der Waals surface area contributed by atoms with Crippen LogP contribution >= 0.6 is 0 Å². The number of unbranched alkanes of at least 4 members (excludes halogenated alkanes) is 7. The highest BCUT2D eigenvalue weighted by Gasteiger charge is 1.96. The van der Waals surface area contributed by atoms with E-state index >= 15 is 0 Å². The second-order valence-corrected chi connectivity index (χ2v) is 5.70. The fourth-order valence-corrected chi connectivity index (χ4v) is 2.25. The Morgan fingerprint density at radius 1 is 0.727 bits per heavy atom. The van der Waals surface area contributed by atoms with Crippen LogP contribution in [0.15, 0.2) is 36.5 Å². The Morgan fingerprint density at radius 3 is 1.82 bits per heavy atom. The summed E-state index contributed by atoms with van der Waals surface area (Å²) in [6.45, 7) is 2.16. The van der Waals surface area contributed by atoms with Crippen LogP contribution in [-0.2, 0) is 4.79 Å². The molecule has 0 saturated heterocycles. The van der Waals surface area contributed by atoms with Crippen LogP contribution in [0.5, 0.6) is 0 Å². The number of allylic oxidation sites excluding steroid dienone is 6. The van der Waals surface area contributed by atoms with Crippen LogP contribution in [-0.4, -0.2) is 11.1 Å². The Labute approximate surface area is 137 Å². The summed E-state index contributed by atoms with van der Waals surface area (Å²) in [5, 5.41) is 8.53. The molecular formula is C20H34O2. The van der Waals surface area contributed by atoms with Crippen LogP contribution in [0.4, 0.5) is 0 Å². The first-order valence-corrected chi connectivity index (χ1v) is 8.94. The van der Waals surface area contributed by atoms with Gasteiger partial charge in [-0.05, 0) is 38.5 Å². The van der Waals surface area contributed by atoms with E-state index in [1.807, 2.05) is 0 Å². The third-order valence-electron chi connectivity index (χ3n) is 3.54.